The molecule has 3 heteroatoms. The largest absolute Gasteiger partial charge is 0.371 e. The van der Waals surface area contributed by atoms with Gasteiger partial charge in [0.1, 0.15) is 12.2 Å². The van der Waals surface area contributed by atoms with Gasteiger partial charge in [0, 0.05) is 7.11 Å². The summed E-state index contributed by atoms with van der Waals surface area (Å²) in [6.07, 6.45) is 0.756. The van der Waals surface area contributed by atoms with Gasteiger partial charge in [-0.25, -0.2) is 0 Å². The first-order valence-corrected chi connectivity index (χ1v) is 4.66. The summed E-state index contributed by atoms with van der Waals surface area (Å²) < 4.78 is 10.4. The number of hydrogen-bond acceptors (Lipinski definition) is 3. The van der Waals surface area contributed by atoms with E-state index >= 15 is 0 Å². The molecule has 1 unspecified atom stereocenters. The zero-order chi connectivity index (χ0) is 10.5. The minimum atomic E-state index is -0.686. The molecule has 0 aliphatic carbocycles. The molecule has 0 saturated carbocycles. The van der Waals surface area contributed by atoms with Gasteiger partial charge in [-0.05, 0) is 27.2 Å². The molecule has 1 atom stereocenters. The van der Waals surface area contributed by atoms with Crippen LogP contribution in [0.25, 0.3) is 0 Å². The summed E-state index contributed by atoms with van der Waals surface area (Å²) in [6, 6.07) is 0. The number of hydrogen-bond donors (Lipinski definition) is 0. The Balaban J connectivity index is 4.07. The third-order valence-corrected chi connectivity index (χ3v) is 2.26. The minimum Gasteiger partial charge on any atom is -0.371 e. The first kappa shape index (κ1) is 12.6. The second-order valence-electron chi connectivity index (χ2n) is 3.57. The van der Waals surface area contributed by atoms with Crippen LogP contribution < -0.4 is 0 Å². The molecule has 0 fully saturated rings. The lowest BCUT2D eigenvalue weighted by molar-refractivity contribution is -0.145. The van der Waals surface area contributed by atoms with Gasteiger partial charge in [0.15, 0.2) is 5.78 Å². The van der Waals surface area contributed by atoms with E-state index < -0.39 is 5.60 Å². The van der Waals surface area contributed by atoms with Crippen LogP contribution in [0.5, 0.6) is 0 Å². The van der Waals surface area contributed by atoms with Crippen molar-refractivity contribution >= 4 is 5.78 Å². The Hall–Kier alpha value is -0.410. The van der Waals surface area contributed by atoms with E-state index in [-0.39, 0.29) is 18.5 Å². The molecule has 0 aliphatic rings. The summed E-state index contributed by atoms with van der Waals surface area (Å²) in [7, 11) is 1.55. The molecular weight excluding hydrogens is 168 g/mol. The van der Waals surface area contributed by atoms with Crippen LogP contribution >= 0.6 is 0 Å². The van der Waals surface area contributed by atoms with E-state index in [4.69, 9.17) is 9.47 Å². The lowest BCUT2D eigenvalue weighted by Gasteiger charge is -2.25. The summed E-state index contributed by atoms with van der Waals surface area (Å²) in [5.74, 6) is 0.00574. The molecule has 0 amide bonds. The maximum Gasteiger partial charge on any atom is 0.189 e. The Morgan fingerprint density at radius 2 is 2.00 bits per heavy atom. The zero-order valence-electron chi connectivity index (χ0n) is 9.22. The Morgan fingerprint density at radius 3 is 2.31 bits per heavy atom. The second-order valence-corrected chi connectivity index (χ2v) is 3.57. The van der Waals surface area contributed by atoms with Crippen molar-refractivity contribution in [2.45, 2.75) is 45.8 Å². The van der Waals surface area contributed by atoms with Crippen LogP contribution in [-0.4, -0.2) is 31.2 Å². The lowest BCUT2D eigenvalue weighted by Crippen LogP contribution is -2.39. The summed E-state index contributed by atoms with van der Waals surface area (Å²) in [4.78, 5) is 11.6. The Bertz CT molecular complexity index is 160. The number of rotatable bonds is 6. The van der Waals surface area contributed by atoms with Crippen molar-refractivity contribution in [1.29, 1.82) is 0 Å². The summed E-state index contributed by atoms with van der Waals surface area (Å²) in [6.45, 7) is 7.67. The molecular formula is C10H20O3. The first-order valence-electron chi connectivity index (χ1n) is 4.66. The monoisotopic (exact) mass is 188 g/mol. The Kier molecular flexibility index (Phi) is 5.18. The molecule has 13 heavy (non-hydrogen) atoms. The van der Waals surface area contributed by atoms with Gasteiger partial charge >= 0.3 is 0 Å². The average molecular weight is 188 g/mol. The third kappa shape index (κ3) is 3.87. The standard InChI is InChI=1S/C10H20O3/c1-6-10(4,12-5)9(11)7-13-8(2)3/h8H,6-7H2,1-5H3. The molecule has 0 heterocycles. The molecule has 0 aliphatic heterocycles. The van der Waals surface area contributed by atoms with Crippen molar-refractivity contribution in [2.75, 3.05) is 13.7 Å². The van der Waals surface area contributed by atoms with Crippen LogP contribution in [0.4, 0.5) is 0 Å². The van der Waals surface area contributed by atoms with Gasteiger partial charge in [-0.1, -0.05) is 6.92 Å². The van der Waals surface area contributed by atoms with Gasteiger partial charge in [0.05, 0.1) is 6.10 Å². The minimum absolute atomic E-state index is 0.00574. The van der Waals surface area contributed by atoms with E-state index in [9.17, 15) is 4.79 Å². The smallest absolute Gasteiger partial charge is 0.189 e. The Labute approximate surface area is 80.4 Å². The molecule has 0 N–H and O–H groups in total. The molecule has 0 aromatic heterocycles. The summed E-state index contributed by atoms with van der Waals surface area (Å²) in [5.41, 5.74) is -0.686. The fourth-order valence-electron chi connectivity index (χ4n) is 0.850. The molecule has 3 nitrogen and oxygen atoms in total. The number of carbonyl (C=O) groups is 1. The highest BCUT2D eigenvalue weighted by Crippen LogP contribution is 2.15. The predicted molar refractivity (Wildman–Crippen MR) is 51.8 cm³/mol. The van der Waals surface area contributed by atoms with Crippen LogP contribution in [0.15, 0.2) is 0 Å². The maximum atomic E-state index is 11.6. The molecule has 0 spiro atoms. The highest BCUT2D eigenvalue weighted by molar-refractivity contribution is 5.88. The van der Waals surface area contributed by atoms with Gasteiger partial charge in [-0.3, -0.25) is 4.79 Å². The SMILES string of the molecule is CCC(C)(OC)C(=O)COC(C)C. The van der Waals surface area contributed by atoms with Crippen molar-refractivity contribution in [3.63, 3.8) is 0 Å². The van der Waals surface area contributed by atoms with Gasteiger partial charge in [0.2, 0.25) is 0 Å². The van der Waals surface area contributed by atoms with Crippen LogP contribution in [0.1, 0.15) is 34.1 Å². The molecule has 78 valence electrons. The van der Waals surface area contributed by atoms with E-state index in [1.165, 1.54) is 0 Å². The average Bonchev–Trinajstić information content (AvgIpc) is 2.12. The summed E-state index contributed by atoms with van der Waals surface area (Å²) >= 11 is 0. The fourth-order valence-corrected chi connectivity index (χ4v) is 0.850. The lowest BCUT2D eigenvalue weighted by atomic mass is 9.98. The van der Waals surface area contributed by atoms with E-state index in [1.54, 1.807) is 14.0 Å². The van der Waals surface area contributed by atoms with E-state index in [0.717, 1.165) is 0 Å². The van der Waals surface area contributed by atoms with Crippen LogP contribution in [0.3, 0.4) is 0 Å². The molecule has 0 radical (unpaired) electrons. The molecule has 0 rings (SSSR count). The van der Waals surface area contributed by atoms with E-state index in [0.29, 0.717) is 6.42 Å². The van der Waals surface area contributed by atoms with Crippen LogP contribution in [0, 0.1) is 0 Å². The summed E-state index contributed by atoms with van der Waals surface area (Å²) in [5, 5.41) is 0. The quantitative estimate of drug-likeness (QED) is 0.637. The van der Waals surface area contributed by atoms with Crippen molar-refractivity contribution < 1.29 is 14.3 Å². The van der Waals surface area contributed by atoms with Crippen molar-refractivity contribution in [3.8, 4) is 0 Å². The highest BCUT2D eigenvalue weighted by atomic mass is 16.5. The first-order chi connectivity index (χ1) is 5.96. The second kappa shape index (κ2) is 5.35. The topological polar surface area (TPSA) is 35.5 Å². The molecule has 0 saturated heterocycles. The number of ether oxygens (including phenoxy) is 2. The zero-order valence-corrected chi connectivity index (χ0v) is 9.22. The molecule has 0 bridgehead atoms. The van der Waals surface area contributed by atoms with Crippen LogP contribution in [0.2, 0.25) is 0 Å². The van der Waals surface area contributed by atoms with Gasteiger partial charge in [-0.15, -0.1) is 0 Å². The van der Waals surface area contributed by atoms with Crippen LogP contribution in [-0.2, 0) is 14.3 Å². The van der Waals surface area contributed by atoms with E-state index in [1.807, 2.05) is 20.8 Å². The molecule has 0 aromatic rings. The molecule has 0 aromatic carbocycles. The number of carbonyl (C=O) groups excluding carboxylic acids is 1. The number of Topliss-reactive ketones (excluding diaryl/α,β-unsaturated/α-hetero) is 1. The number of methoxy groups -OCH3 is 1. The predicted octanol–water partition coefficient (Wildman–Crippen LogP) is 1.80. The van der Waals surface area contributed by atoms with Crippen molar-refractivity contribution in [1.82, 2.24) is 0 Å². The number of ketones is 1. The van der Waals surface area contributed by atoms with Crippen molar-refractivity contribution in [2.24, 2.45) is 0 Å². The highest BCUT2D eigenvalue weighted by Gasteiger charge is 2.30. The van der Waals surface area contributed by atoms with E-state index in [2.05, 4.69) is 0 Å². The van der Waals surface area contributed by atoms with Crippen molar-refractivity contribution in [3.05, 3.63) is 0 Å². The third-order valence-electron chi connectivity index (χ3n) is 2.26. The van der Waals surface area contributed by atoms with Gasteiger partial charge in [0.25, 0.3) is 0 Å². The Morgan fingerprint density at radius 1 is 1.46 bits per heavy atom. The maximum absolute atomic E-state index is 11.6. The van der Waals surface area contributed by atoms with Gasteiger partial charge in [-0.2, -0.15) is 0 Å². The van der Waals surface area contributed by atoms with Gasteiger partial charge < -0.3 is 9.47 Å². The fraction of sp³-hybridized carbons (Fsp3) is 0.900. The normalized spacial score (nSPS) is 15.8.